The van der Waals surface area contributed by atoms with Gasteiger partial charge in [0.2, 0.25) is 0 Å². The van der Waals surface area contributed by atoms with Gasteiger partial charge in [-0.2, -0.15) is 0 Å². The molecule has 0 fully saturated rings. The maximum atomic E-state index is 9.68. The van der Waals surface area contributed by atoms with E-state index in [2.05, 4.69) is 237 Å². The molecule has 2 aliphatic rings. The minimum Gasteiger partial charge on any atom is -0.310 e. The lowest BCUT2D eigenvalue weighted by molar-refractivity contribution is 0.761. The average molecular weight is 899 g/mol. The molecule has 69 heavy (non-hydrogen) atoms. The Bertz CT molecular complexity index is 3270. The Balaban J connectivity index is 1.22. The highest BCUT2D eigenvalue weighted by atomic mass is 15.1. The fourth-order valence-corrected chi connectivity index (χ4v) is 11.6. The van der Waals surface area contributed by atoms with E-state index in [4.69, 9.17) is 4.11 Å². The van der Waals surface area contributed by atoms with Gasteiger partial charge in [0.1, 0.15) is 0 Å². The molecule has 9 aromatic rings. The molecule has 1 heteroatoms. The van der Waals surface area contributed by atoms with E-state index in [1.807, 2.05) is 4.90 Å². The largest absolute Gasteiger partial charge is 0.310 e. The van der Waals surface area contributed by atoms with Crippen molar-refractivity contribution in [3.8, 4) is 22.3 Å². The van der Waals surface area contributed by atoms with Crippen LogP contribution in [0.15, 0.2) is 212 Å². The molecule has 0 atom stereocenters. The van der Waals surface area contributed by atoms with E-state index in [0.29, 0.717) is 35.0 Å². The predicted molar refractivity (Wildman–Crippen MR) is 292 cm³/mol. The van der Waals surface area contributed by atoms with Gasteiger partial charge in [-0.25, -0.2) is 0 Å². The molecule has 0 heterocycles. The molecule has 1 nitrogen and oxygen atoms in total. The lowest BCUT2D eigenvalue weighted by Gasteiger charge is -2.36. The van der Waals surface area contributed by atoms with Crippen molar-refractivity contribution < 1.29 is 6.85 Å². The van der Waals surface area contributed by atoms with E-state index in [1.54, 1.807) is 0 Å². The van der Waals surface area contributed by atoms with Gasteiger partial charge in [0, 0.05) is 17.1 Å². The van der Waals surface area contributed by atoms with Crippen molar-refractivity contribution in [1.82, 2.24) is 0 Å². The molecule has 0 spiro atoms. The van der Waals surface area contributed by atoms with Crippen LogP contribution in [0.25, 0.3) is 22.3 Å². The molecular weight excluding hydrogens is 831 g/mol. The van der Waals surface area contributed by atoms with Crippen LogP contribution in [0.3, 0.4) is 0 Å². The summed E-state index contributed by atoms with van der Waals surface area (Å²) >= 11 is 0. The first-order valence-electron chi connectivity index (χ1n) is 27.4. The Morgan fingerprint density at radius 3 is 0.942 bits per heavy atom. The van der Waals surface area contributed by atoms with Crippen molar-refractivity contribution in [3.05, 3.63) is 279 Å². The number of benzene rings is 9. The molecule has 0 N–H and O–H groups in total. The number of fused-ring (bicyclic) bond motifs is 6. The highest BCUT2D eigenvalue weighted by Gasteiger charge is 2.48. The van der Waals surface area contributed by atoms with Crippen LogP contribution in [0, 0.1) is 0 Å². The summed E-state index contributed by atoms with van der Waals surface area (Å²) in [6.45, 7) is 17.8. The van der Waals surface area contributed by atoms with Crippen molar-refractivity contribution in [3.63, 3.8) is 0 Å². The number of hydrogen-bond acceptors (Lipinski definition) is 1. The third kappa shape index (κ3) is 7.03. The summed E-state index contributed by atoms with van der Waals surface area (Å²) in [4.78, 5) is 1.93. The van der Waals surface area contributed by atoms with E-state index in [-0.39, 0.29) is 29.9 Å². The minimum atomic E-state index is -0.766. The van der Waals surface area contributed by atoms with Crippen LogP contribution in [0.2, 0.25) is 0 Å². The van der Waals surface area contributed by atoms with Crippen LogP contribution in [-0.4, -0.2) is 0 Å². The summed E-state index contributed by atoms with van der Waals surface area (Å²) in [6, 6.07) is 65.0. The normalized spacial score (nSPS) is 15.0. The molecule has 0 amide bonds. The summed E-state index contributed by atoms with van der Waals surface area (Å²) in [5, 5.41) is 0. The summed E-state index contributed by atoms with van der Waals surface area (Å²) in [5.41, 5.74) is 18.4. The zero-order valence-corrected chi connectivity index (χ0v) is 41.1. The average Bonchev–Trinajstić information content (AvgIpc) is 3.89. The van der Waals surface area contributed by atoms with Crippen molar-refractivity contribution in [1.29, 1.82) is 0 Å². The maximum Gasteiger partial charge on any atom is 0.0714 e. The van der Waals surface area contributed by atoms with Crippen LogP contribution >= 0.6 is 0 Å². The van der Waals surface area contributed by atoms with Crippen molar-refractivity contribution in [2.75, 3.05) is 4.90 Å². The molecule has 0 saturated carbocycles. The Kier molecular flexibility index (Phi) is 9.75. The Labute approximate surface area is 418 Å². The first kappa shape index (κ1) is 38.7. The minimum absolute atomic E-state index is 0.0864. The van der Waals surface area contributed by atoms with E-state index < -0.39 is 16.9 Å². The standard InChI is InChI=1S/C68H63N/c1-44(2)48-22-30-52(31-23-48)67(53-32-24-49(25-33-53)45(3)4)63-20-14-12-18-59(63)61-40-38-57(42-65(61)67)69(56-16-10-9-11-17-56)58-39-41-62-60-19-13-15-21-64(60)68(66(62)43-58,54-34-26-50(27-35-54)46(5)6)55-36-28-51(29-37-55)47(7)8/h9-47H,1-8H3/i9D,10D,11D,16D,17D. The van der Waals surface area contributed by atoms with Gasteiger partial charge in [-0.05, 0) is 149 Å². The Hall–Kier alpha value is -7.22. The van der Waals surface area contributed by atoms with E-state index >= 15 is 0 Å². The molecule has 340 valence electrons. The summed E-state index contributed by atoms with van der Waals surface area (Å²) in [7, 11) is 0. The molecule has 0 saturated heterocycles. The monoisotopic (exact) mass is 899 g/mol. The van der Waals surface area contributed by atoms with Gasteiger partial charge in [-0.3, -0.25) is 0 Å². The van der Waals surface area contributed by atoms with Gasteiger partial charge in [0.15, 0.2) is 0 Å². The fourth-order valence-electron chi connectivity index (χ4n) is 11.6. The molecule has 11 rings (SSSR count). The zero-order chi connectivity index (χ0) is 52.0. The van der Waals surface area contributed by atoms with E-state index in [9.17, 15) is 2.74 Å². The third-order valence-electron chi connectivity index (χ3n) is 15.3. The van der Waals surface area contributed by atoms with Crippen LogP contribution in [0.5, 0.6) is 0 Å². The quantitative estimate of drug-likeness (QED) is 0.125. The third-order valence-corrected chi connectivity index (χ3v) is 15.3. The highest BCUT2D eigenvalue weighted by molar-refractivity contribution is 5.92. The van der Waals surface area contributed by atoms with Gasteiger partial charge in [-0.1, -0.05) is 231 Å². The summed E-state index contributed by atoms with van der Waals surface area (Å²) in [5.74, 6) is 1.40. The first-order valence-corrected chi connectivity index (χ1v) is 24.9. The van der Waals surface area contributed by atoms with Gasteiger partial charge >= 0.3 is 0 Å². The molecule has 2 aliphatic carbocycles. The second kappa shape index (κ2) is 17.4. The molecular formula is C68H63N. The van der Waals surface area contributed by atoms with Crippen molar-refractivity contribution in [2.24, 2.45) is 0 Å². The highest BCUT2D eigenvalue weighted by Crippen LogP contribution is 2.60. The lowest BCUT2D eigenvalue weighted by atomic mass is 9.67. The van der Waals surface area contributed by atoms with Crippen LogP contribution in [0.4, 0.5) is 17.1 Å². The molecule has 0 radical (unpaired) electrons. The number of nitrogens with zero attached hydrogens (tertiary/aromatic N) is 1. The molecule has 0 bridgehead atoms. The molecule has 0 aliphatic heterocycles. The van der Waals surface area contributed by atoms with Gasteiger partial charge in [0.05, 0.1) is 17.7 Å². The maximum absolute atomic E-state index is 9.68. The van der Waals surface area contributed by atoms with Gasteiger partial charge in [-0.15, -0.1) is 0 Å². The fraction of sp³-hybridized carbons (Fsp3) is 0.206. The topological polar surface area (TPSA) is 3.24 Å². The lowest BCUT2D eigenvalue weighted by Crippen LogP contribution is -2.29. The Morgan fingerprint density at radius 1 is 0.319 bits per heavy atom. The molecule has 0 aromatic heterocycles. The van der Waals surface area contributed by atoms with Crippen LogP contribution in [0.1, 0.15) is 153 Å². The van der Waals surface area contributed by atoms with E-state index in [1.165, 1.54) is 33.4 Å². The van der Waals surface area contributed by atoms with Gasteiger partial charge in [0.25, 0.3) is 0 Å². The number of hydrogen-bond donors (Lipinski definition) is 0. The first-order chi connectivity index (χ1) is 35.6. The van der Waals surface area contributed by atoms with Crippen LogP contribution in [-0.2, 0) is 10.8 Å². The zero-order valence-electron chi connectivity index (χ0n) is 46.1. The predicted octanol–water partition coefficient (Wildman–Crippen LogP) is 18.4. The van der Waals surface area contributed by atoms with Crippen molar-refractivity contribution >= 4 is 17.1 Å². The molecule has 9 aromatic carbocycles. The number of rotatable bonds is 11. The van der Waals surface area contributed by atoms with Gasteiger partial charge < -0.3 is 4.90 Å². The van der Waals surface area contributed by atoms with E-state index in [0.717, 1.165) is 55.6 Å². The smallest absolute Gasteiger partial charge is 0.0714 e. The van der Waals surface area contributed by atoms with Crippen LogP contribution < -0.4 is 4.90 Å². The number of para-hydroxylation sites is 1. The second-order valence-electron chi connectivity index (χ2n) is 20.5. The number of anilines is 3. The Morgan fingerprint density at radius 2 is 0.623 bits per heavy atom. The summed E-state index contributed by atoms with van der Waals surface area (Å²) in [6.07, 6.45) is 0. The second-order valence-corrected chi connectivity index (χ2v) is 20.5. The van der Waals surface area contributed by atoms with Crippen molar-refractivity contribution in [2.45, 2.75) is 89.9 Å². The summed E-state index contributed by atoms with van der Waals surface area (Å²) < 4.78 is 46.3. The SMILES string of the molecule is [2H]c1c([2H])c([2H])c(N(c2ccc3c(c2)C(c2ccc(C(C)C)cc2)(c2ccc(C(C)C)cc2)c2ccccc2-3)c2ccc3c(c2)C(c2ccc(C(C)C)cc2)(c2ccc(C(C)C)cc2)c2ccccc2-3)c([2H])c1[2H]. The molecule has 0 unspecified atom stereocenters.